The first-order valence-corrected chi connectivity index (χ1v) is 12.7. The van der Waals surface area contributed by atoms with Gasteiger partial charge in [-0.05, 0) is 55.7 Å². The molecule has 0 unspecified atom stereocenters. The lowest BCUT2D eigenvalue weighted by Gasteiger charge is -2.40. The molecular weight excluding hydrogens is 482 g/mol. The average Bonchev–Trinajstić information content (AvgIpc) is 2.86. The maximum absolute atomic E-state index is 12.8. The lowest BCUT2D eigenvalue weighted by atomic mass is 9.97. The first kappa shape index (κ1) is 25.8. The summed E-state index contributed by atoms with van der Waals surface area (Å²) in [5.74, 6) is 0.742. The lowest BCUT2D eigenvalue weighted by Crippen LogP contribution is -2.50. The summed E-state index contributed by atoms with van der Waals surface area (Å²) in [6.45, 7) is 10.9. The average molecular weight is 516 g/mol. The second-order valence-corrected chi connectivity index (χ2v) is 10.1. The highest BCUT2D eigenvalue weighted by molar-refractivity contribution is 5.99. The van der Waals surface area contributed by atoms with Crippen LogP contribution in [0.15, 0.2) is 55.3 Å². The molecule has 0 aliphatic carbocycles. The Labute approximate surface area is 222 Å². The minimum atomic E-state index is -1.12. The third-order valence-corrected chi connectivity index (χ3v) is 6.70. The Kier molecular flexibility index (Phi) is 7.37. The van der Waals surface area contributed by atoms with Gasteiger partial charge in [0.25, 0.3) is 5.91 Å². The molecule has 2 aliphatic heterocycles. The predicted molar refractivity (Wildman–Crippen MR) is 146 cm³/mol. The minimum absolute atomic E-state index is 0.262. The topological polar surface area (TPSA) is 125 Å². The normalized spacial score (nSPS) is 15.8. The summed E-state index contributed by atoms with van der Waals surface area (Å²) in [6.07, 6.45) is 4.05. The SMILES string of the molecule is C=CCNC(=O)c1cnc(Nc2ccc3c(c2)CCN(C2COC2)C3)nc1Nc1cccc(C(C)(C)O)n1. The maximum atomic E-state index is 12.8. The number of fused-ring (bicyclic) bond motifs is 1. The third-order valence-electron chi connectivity index (χ3n) is 6.70. The van der Waals surface area contributed by atoms with E-state index >= 15 is 0 Å². The first-order chi connectivity index (χ1) is 18.3. The van der Waals surface area contributed by atoms with Gasteiger partial charge in [-0.1, -0.05) is 18.2 Å². The molecule has 10 heteroatoms. The Morgan fingerprint density at radius 2 is 2.05 bits per heavy atom. The molecule has 1 amide bonds. The number of ether oxygens (including phenoxy) is 1. The molecule has 10 nitrogen and oxygen atoms in total. The van der Waals surface area contributed by atoms with Crippen molar-refractivity contribution in [1.82, 2.24) is 25.2 Å². The Bertz CT molecular complexity index is 1330. The molecule has 0 bridgehead atoms. The van der Waals surface area contributed by atoms with Gasteiger partial charge in [0, 0.05) is 31.5 Å². The van der Waals surface area contributed by atoms with Crippen LogP contribution in [-0.2, 0) is 23.3 Å². The summed E-state index contributed by atoms with van der Waals surface area (Å²) in [4.78, 5) is 28.8. The van der Waals surface area contributed by atoms with E-state index in [9.17, 15) is 9.90 Å². The van der Waals surface area contributed by atoms with Crippen LogP contribution in [-0.4, -0.2) is 63.2 Å². The fraction of sp³-hybridized carbons (Fsp3) is 0.357. The van der Waals surface area contributed by atoms with E-state index in [0.29, 0.717) is 35.9 Å². The van der Waals surface area contributed by atoms with E-state index in [4.69, 9.17) is 4.74 Å². The summed E-state index contributed by atoms with van der Waals surface area (Å²) >= 11 is 0. The zero-order valence-electron chi connectivity index (χ0n) is 21.7. The van der Waals surface area contributed by atoms with Crippen molar-refractivity contribution in [2.75, 3.05) is 36.9 Å². The number of hydrogen-bond acceptors (Lipinski definition) is 9. The van der Waals surface area contributed by atoms with Crippen molar-refractivity contribution < 1.29 is 14.6 Å². The molecule has 5 rings (SSSR count). The minimum Gasteiger partial charge on any atom is -0.384 e. The van der Waals surface area contributed by atoms with E-state index in [1.165, 1.54) is 17.3 Å². The molecule has 38 heavy (non-hydrogen) atoms. The van der Waals surface area contributed by atoms with Gasteiger partial charge in [-0.25, -0.2) is 9.97 Å². The molecule has 2 aliphatic rings. The van der Waals surface area contributed by atoms with E-state index in [2.05, 4.69) is 54.5 Å². The number of aromatic nitrogens is 3. The van der Waals surface area contributed by atoms with Gasteiger partial charge in [-0.15, -0.1) is 6.58 Å². The summed E-state index contributed by atoms with van der Waals surface area (Å²) in [7, 11) is 0. The molecule has 198 valence electrons. The smallest absolute Gasteiger partial charge is 0.256 e. The molecule has 0 atom stereocenters. The summed E-state index contributed by atoms with van der Waals surface area (Å²) in [5, 5.41) is 19.5. The zero-order valence-corrected chi connectivity index (χ0v) is 21.7. The van der Waals surface area contributed by atoms with Crippen molar-refractivity contribution in [3.05, 3.63) is 77.6 Å². The van der Waals surface area contributed by atoms with Crippen LogP contribution in [0.5, 0.6) is 0 Å². The standard InChI is InChI=1S/C28H33N7O3/c1-4-11-29-26(36)22-14-30-27(34-25(22)33-24-7-5-6-23(32-24)28(2,3)37)31-20-9-8-19-15-35(21-16-38-17-21)12-10-18(19)13-20/h4-9,13-14,21,37H,1,10-12,15-17H2,2-3H3,(H,29,36)(H2,30,31,32,33,34). The van der Waals surface area contributed by atoms with E-state index in [1.807, 2.05) is 6.07 Å². The number of rotatable bonds is 9. The fourth-order valence-corrected chi connectivity index (χ4v) is 4.46. The number of nitrogens with zero attached hydrogens (tertiary/aromatic N) is 4. The number of anilines is 4. The summed E-state index contributed by atoms with van der Waals surface area (Å²) < 4.78 is 5.36. The highest BCUT2D eigenvalue weighted by Crippen LogP contribution is 2.28. The molecule has 4 heterocycles. The number of nitrogens with one attached hydrogen (secondary N) is 3. The molecule has 0 radical (unpaired) electrons. The molecule has 4 N–H and O–H groups in total. The van der Waals surface area contributed by atoms with Crippen LogP contribution in [0.3, 0.4) is 0 Å². The zero-order chi connectivity index (χ0) is 26.7. The van der Waals surface area contributed by atoms with E-state index in [-0.39, 0.29) is 11.5 Å². The van der Waals surface area contributed by atoms with Crippen molar-refractivity contribution >= 4 is 29.2 Å². The van der Waals surface area contributed by atoms with Crippen molar-refractivity contribution in [3.63, 3.8) is 0 Å². The summed E-state index contributed by atoms with van der Waals surface area (Å²) in [6, 6.07) is 12.1. The fourth-order valence-electron chi connectivity index (χ4n) is 4.46. The largest absolute Gasteiger partial charge is 0.384 e. The Hall–Kier alpha value is -3.86. The number of carbonyl (C=O) groups is 1. The first-order valence-electron chi connectivity index (χ1n) is 12.7. The number of benzene rings is 1. The number of pyridine rings is 1. The summed E-state index contributed by atoms with van der Waals surface area (Å²) in [5.41, 5.74) is 3.14. The number of hydrogen-bond donors (Lipinski definition) is 4. The van der Waals surface area contributed by atoms with Crippen molar-refractivity contribution in [1.29, 1.82) is 0 Å². The third kappa shape index (κ3) is 5.83. The van der Waals surface area contributed by atoms with Gasteiger partial charge >= 0.3 is 0 Å². The van der Waals surface area contributed by atoms with Gasteiger partial charge < -0.3 is 25.8 Å². The van der Waals surface area contributed by atoms with Crippen LogP contribution in [0.2, 0.25) is 0 Å². The molecule has 0 saturated carbocycles. The molecule has 1 fully saturated rings. The van der Waals surface area contributed by atoms with Gasteiger partial charge in [0.1, 0.15) is 22.8 Å². The van der Waals surface area contributed by atoms with Gasteiger partial charge in [-0.2, -0.15) is 4.98 Å². The van der Waals surface area contributed by atoms with Gasteiger partial charge in [0.05, 0.1) is 24.9 Å². The molecule has 2 aromatic heterocycles. The number of carbonyl (C=O) groups excluding carboxylic acids is 1. The van der Waals surface area contributed by atoms with E-state index < -0.39 is 5.60 Å². The Balaban J connectivity index is 1.38. The monoisotopic (exact) mass is 515 g/mol. The quantitative estimate of drug-likeness (QED) is 0.318. The molecule has 3 aromatic rings. The van der Waals surface area contributed by atoms with Crippen LogP contribution in [0, 0.1) is 0 Å². The highest BCUT2D eigenvalue weighted by atomic mass is 16.5. The molecular formula is C28H33N7O3. The second kappa shape index (κ2) is 10.9. The van der Waals surface area contributed by atoms with Crippen LogP contribution >= 0.6 is 0 Å². The number of aliphatic hydroxyl groups is 1. The maximum Gasteiger partial charge on any atom is 0.256 e. The van der Waals surface area contributed by atoms with Crippen LogP contribution < -0.4 is 16.0 Å². The van der Waals surface area contributed by atoms with Crippen LogP contribution in [0.4, 0.5) is 23.3 Å². The Morgan fingerprint density at radius 1 is 1.21 bits per heavy atom. The van der Waals surface area contributed by atoms with Gasteiger partial charge in [0.15, 0.2) is 0 Å². The lowest BCUT2D eigenvalue weighted by molar-refractivity contribution is -0.0694. The van der Waals surface area contributed by atoms with Gasteiger partial charge in [-0.3, -0.25) is 9.69 Å². The predicted octanol–water partition coefficient (Wildman–Crippen LogP) is 3.26. The van der Waals surface area contributed by atoms with E-state index in [0.717, 1.165) is 38.4 Å². The van der Waals surface area contributed by atoms with E-state index in [1.54, 1.807) is 38.1 Å². The van der Waals surface area contributed by atoms with Crippen LogP contribution in [0.1, 0.15) is 41.0 Å². The highest BCUT2D eigenvalue weighted by Gasteiger charge is 2.29. The molecule has 1 saturated heterocycles. The van der Waals surface area contributed by atoms with Crippen molar-refractivity contribution in [2.45, 2.75) is 38.5 Å². The van der Waals surface area contributed by atoms with Gasteiger partial charge in [0.2, 0.25) is 5.95 Å². The Morgan fingerprint density at radius 3 is 2.79 bits per heavy atom. The van der Waals surface area contributed by atoms with Crippen molar-refractivity contribution in [3.8, 4) is 0 Å². The number of amides is 1. The van der Waals surface area contributed by atoms with Crippen molar-refractivity contribution in [2.24, 2.45) is 0 Å². The second-order valence-electron chi connectivity index (χ2n) is 10.1. The van der Waals surface area contributed by atoms with Crippen LogP contribution in [0.25, 0.3) is 0 Å². The molecule has 0 spiro atoms. The molecule has 1 aromatic carbocycles.